The van der Waals surface area contributed by atoms with Crippen molar-refractivity contribution in [2.24, 2.45) is 5.73 Å². The van der Waals surface area contributed by atoms with Crippen LogP contribution in [-0.2, 0) is 0 Å². The molecule has 0 amide bonds. The molecule has 1 heterocycles. The fourth-order valence-electron chi connectivity index (χ4n) is 2.16. The maximum absolute atomic E-state index is 5.67. The first kappa shape index (κ1) is 11.8. The Morgan fingerprint density at radius 1 is 1.31 bits per heavy atom. The molecule has 0 saturated carbocycles. The third-order valence-corrected chi connectivity index (χ3v) is 4.92. The van der Waals surface area contributed by atoms with Crippen LogP contribution in [0.1, 0.15) is 24.5 Å². The van der Waals surface area contributed by atoms with E-state index in [1.165, 1.54) is 21.7 Å². The molecule has 3 N–H and O–H groups in total. The van der Waals surface area contributed by atoms with Crippen molar-refractivity contribution in [3.63, 3.8) is 0 Å². The lowest BCUT2D eigenvalue weighted by Gasteiger charge is -2.33. The number of aryl methyl sites for hydroxylation is 2. The first-order valence-corrected chi connectivity index (χ1v) is 6.75. The van der Waals surface area contributed by atoms with Crippen molar-refractivity contribution in [2.75, 3.05) is 11.9 Å². The first-order valence-electron chi connectivity index (χ1n) is 5.87. The van der Waals surface area contributed by atoms with Gasteiger partial charge in [-0.2, -0.15) is 0 Å². The average Bonchev–Trinajstić information content (AvgIpc) is 2.26. The first-order chi connectivity index (χ1) is 7.63. The van der Waals surface area contributed by atoms with Gasteiger partial charge in [-0.3, -0.25) is 0 Å². The quantitative estimate of drug-likeness (QED) is 0.829. The zero-order valence-electron chi connectivity index (χ0n) is 10.2. The summed E-state index contributed by atoms with van der Waals surface area (Å²) in [7, 11) is 0. The van der Waals surface area contributed by atoms with Gasteiger partial charge in [0, 0.05) is 16.2 Å². The van der Waals surface area contributed by atoms with Crippen LogP contribution in [0.2, 0.25) is 0 Å². The highest BCUT2D eigenvalue weighted by Gasteiger charge is 2.26. The van der Waals surface area contributed by atoms with Crippen LogP contribution in [0, 0.1) is 13.8 Å². The summed E-state index contributed by atoms with van der Waals surface area (Å²) in [5.74, 6) is 0. The molecule has 2 unspecified atom stereocenters. The Labute approximate surface area is 102 Å². The molecule has 0 aromatic heterocycles. The monoisotopic (exact) mass is 236 g/mol. The van der Waals surface area contributed by atoms with Gasteiger partial charge in [0.05, 0.1) is 5.69 Å². The smallest absolute Gasteiger partial charge is 0.0513 e. The highest BCUT2D eigenvalue weighted by atomic mass is 32.2. The number of hydrogen-bond donors (Lipinski definition) is 2. The Bertz CT molecular complexity index is 390. The molecule has 0 spiro atoms. The average molecular weight is 236 g/mol. The SMILES string of the molecule is Cc1ccc(C)c2c1NC(C)C(CCN)S2. The van der Waals surface area contributed by atoms with Crippen molar-refractivity contribution in [2.45, 2.75) is 43.4 Å². The molecular formula is C13H20N2S. The maximum atomic E-state index is 5.67. The van der Waals surface area contributed by atoms with Crippen molar-refractivity contribution < 1.29 is 0 Å². The lowest BCUT2D eigenvalue weighted by atomic mass is 10.1. The molecule has 1 aromatic carbocycles. The standard InChI is InChI=1S/C13H20N2S/c1-8-4-5-9(2)13-12(8)15-10(3)11(16-13)6-7-14/h4-5,10-11,15H,6-7,14H2,1-3H3. The highest BCUT2D eigenvalue weighted by molar-refractivity contribution is 8.00. The zero-order valence-corrected chi connectivity index (χ0v) is 11.0. The number of anilines is 1. The van der Waals surface area contributed by atoms with Gasteiger partial charge < -0.3 is 11.1 Å². The van der Waals surface area contributed by atoms with E-state index in [0.717, 1.165) is 13.0 Å². The molecule has 2 atom stereocenters. The van der Waals surface area contributed by atoms with Crippen LogP contribution < -0.4 is 11.1 Å². The molecular weight excluding hydrogens is 216 g/mol. The number of nitrogens with one attached hydrogen (secondary N) is 1. The van der Waals surface area contributed by atoms with Crippen LogP contribution in [0.4, 0.5) is 5.69 Å². The van der Waals surface area contributed by atoms with Gasteiger partial charge in [-0.15, -0.1) is 11.8 Å². The third kappa shape index (κ3) is 2.06. The number of hydrogen-bond acceptors (Lipinski definition) is 3. The third-order valence-electron chi connectivity index (χ3n) is 3.21. The molecule has 0 bridgehead atoms. The maximum Gasteiger partial charge on any atom is 0.0513 e. The van der Waals surface area contributed by atoms with Gasteiger partial charge in [-0.1, -0.05) is 12.1 Å². The second kappa shape index (κ2) is 4.68. The van der Waals surface area contributed by atoms with Gasteiger partial charge >= 0.3 is 0 Å². The summed E-state index contributed by atoms with van der Waals surface area (Å²) < 4.78 is 0. The molecule has 1 aliphatic rings. The van der Waals surface area contributed by atoms with Crippen molar-refractivity contribution in [3.8, 4) is 0 Å². The number of rotatable bonds is 2. The van der Waals surface area contributed by atoms with Crippen molar-refractivity contribution in [1.29, 1.82) is 0 Å². The van der Waals surface area contributed by atoms with Crippen LogP contribution in [-0.4, -0.2) is 17.8 Å². The normalized spacial score (nSPS) is 23.8. The molecule has 2 nitrogen and oxygen atoms in total. The molecule has 3 heteroatoms. The molecule has 0 radical (unpaired) electrons. The van der Waals surface area contributed by atoms with Crippen LogP contribution in [0.5, 0.6) is 0 Å². The number of thioether (sulfide) groups is 1. The Kier molecular flexibility index (Phi) is 3.45. The van der Waals surface area contributed by atoms with E-state index in [2.05, 4.69) is 38.2 Å². The van der Waals surface area contributed by atoms with Crippen molar-refractivity contribution in [1.82, 2.24) is 0 Å². The molecule has 2 rings (SSSR count). The van der Waals surface area contributed by atoms with Crippen LogP contribution in [0.15, 0.2) is 17.0 Å². The molecule has 0 aliphatic carbocycles. The summed E-state index contributed by atoms with van der Waals surface area (Å²) in [6, 6.07) is 4.90. The van der Waals surface area contributed by atoms with Gasteiger partial charge in [-0.05, 0) is 44.9 Å². The highest BCUT2D eigenvalue weighted by Crippen LogP contribution is 2.42. The summed E-state index contributed by atoms with van der Waals surface area (Å²) in [6.07, 6.45) is 1.08. The summed E-state index contributed by atoms with van der Waals surface area (Å²) >= 11 is 1.99. The van der Waals surface area contributed by atoms with E-state index in [9.17, 15) is 0 Å². The second-order valence-electron chi connectivity index (χ2n) is 4.57. The lowest BCUT2D eigenvalue weighted by Crippen LogP contribution is -2.34. The van der Waals surface area contributed by atoms with Crippen LogP contribution >= 0.6 is 11.8 Å². The largest absolute Gasteiger partial charge is 0.380 e. The van der Waals surface area contributed by atoms with E-state index in [-0.39, 0.29) is 0 Å². The fraction of sp³-hybridized carbons (Fsp3) is 0.538. The molecule has 0 saturated heterocycles. The number of benzene rings is 1. The second-order valence-corrected chi connectivity index (χ2v) is 5.82. The minimum atomic E-state index is 0.501. The zero-order chi connectivity index (χ0) is 11.7. The molecule has 1 aliphatic heterocycles. The molecule has 88 valence electrons. The van der Waals surface area contributed by atoms with Gasteiger partial charge in [0.2, 0.25) is 0 Å². The van der Waals surface area contributed by atoms with E-state index >= 15 is 0 Å². The Morgan fingerprint density at radius 2 is 2.00 bits per heavy atom. The Hall–Kier alpha value is -0.670. The van der Waals surface area contributed by atoms with E-state index in [0.29, 0.717) is 11.3 Å². The summed E-state index contributed by atoms with van der Waals surface area (Å²) in [4.78, 5) is 1.41. The summed E-state index contributed by atoms with van der Waals surface area (Å²) in [5.41, 5.74) is 9.70. The van der Waals surface area contributed by atoms with Crippen LogP contribution in [0.25, 0.3) is 0 Å². The van der Waals surface area contributed by atoms with E-state index < -0.39 is 0 Å². The van der Waals surface area contributed by atoms with Crippen molar-refractivity contribution in [3.05, 3.63) is 23.3 Å². The Balaban J connectivity index is 2.34. The molecule has 0 fully saturated rings. The molecule has 16 heavy (non-hydrogen) atoms. The summed E-state index contributed by atoms with van der Waals surface area (Å²) in [6.45, 7) is 7.37. The van der Waals surface area contributed by atoms with Gasteiger partial charge in [-0.25, -0.2) is 0 Å². The van der Waals surface area contributed by atoms with Gasteiger partial charge in [0.1, 0.15) is 0 Å². The predicted molar refractivity (Wildman–Crippen MR) is 72.3 cm³/mol. The minimum absolute atomic E-state index is 0.501. The minimum Gasteiger partial charge on any atom is -0.380 e. The van der Waals surface area contributed by atoms with Gasteiger partial charge in [0.15, 0.2) is 0 Å². The van der Waals surface area contributed by atoms with E-state index in [1.807, 2.05) is 11.8 Å². The van der Waals surface area contributed by atoms with Crippen molar-refractivity contribution >= 4 is 17.4 Å². The van der Waals surface area contributed by atoms with E-state index in [4.69, 9.17) is 5.73 Å². The van der Waals surface area contributed by atoms with Gasteiger partial charge in [0.25, 0.3) is 0 Å². The predicted octanol–water partition coefficient (Wildman–Crippen LogP) is 2.93. The molecule has 1 aromatic rings. The lowest BCUT2D eigenvalue weighted by molar-refractivity contribution is 0.671. The summed E-state index contributed by atoms with van der Waals surface area (Å²) in [5, 5.41) is 4.22. The number of fused-ring (bicyclic) bond motifs is 1. The van der Waals surface area contributed by atoms with Crippen LogP contribution in [0.3, 0.4) is 0 Å². The van der Waals surface area contributed by atoms with E-state index in [1.54, 1.807) is 0 Å². The fourth-order valence-corrected chi connectivity index (χ4v) is 3.58. The number of nitrogens with two attached hydrogens (primary N) is 1. The topological polar surface area (TPSA) is 38.0 Å². The Morgan fingerprint density at radius 3 is 2.69 bits per heavy atom.